The zero-order valence-corrected chi connectivity index (χ0v) is 16.4. The van der Waals surface area contributed by atoms with Gasteiger partial charge in [-0.3, -0.25) is 9.59 Å². The number of likely N-dealkylation sites (N-methyl/N-ethyl adjacent to an activating group) is 1. The van der Waals surface area contributed by atoms with E-state index in [1.165, 1.54) is 0 Å². The summed E-state index contributed by atoms with van der Waals surface area (Å²) in [5.41, 5.74) is 2.11. The maximum absolute atomic E-state index is 13.3. The first-order chi connectivity index (χ1) is 14.2. The Morgan fingerprint density at radius 3 is 2.53 bits per heavy atom. The topological polar surface area (TPSA) is 86.4 Å². The third-order valence-electron chi connectivity index (χ3n) is 5.35. The Balaban J connectivity index is 1.36. The number of aromatic nitrogens is 1. The highest BCUT2D eigenvalue weighted by molar-refractivity contribution is 6.02. The molecular formula is C20H20F3N5O2. The molecule has 1 aliphatic heterocycles. The van der Waals surface area contributed by atoms with Gasteiger partial charge in [0.05, 0.1) is 23.6 Å². The van der Waals surface area contributed by atoms with Gasteiger partial charge in [-0.05, 0) is 19.8 Å². The Bertz CT molecular complexity index is 1020. The van der Waals surface area contributed by atoms with Gasteiger partial charge in [0.15, 0.2) is 17.5 Å². The second kappa shape index (κ2) is 7.51. The van der Waals surface area contributed by atoms with Crippen molar-refractivity contribution in [1.82, 2.24) is 4.98 Å². The molecule has 1 saturated carbocycles. The van der Waals surface area contributed by atoms with Gasteiger partial charge in [0.25, 0.3) is 0 Å². The molecule has 0 spiro atoms. The Kier molecular flexibility index (Phi) is 5.00. The molecule has 1 aliphatic carbocycles. The van der Waals surface area contributed by atoms with Gasteiger partial charge in [0.1, 0.15) is 5.82 Å². The summed E-state index contributed by atoms with van der Waals surface area (Å²) < 4.78 is 39.6. The van der Waals surface area contributed by atoms with E-state index in [2.05, 4.69) is 20.9 Å². The van der Waals surface area contributed by atoms with E-state index in [1.54, 1.807) is 6.92 Å². The molecule has 2 aromatic rings. The monoisotopic (exact) mass is 419 g/mol. The largest absolute Gasteiger partial charge is 0.367 e. The highest BCUT2D eigenvalue weighted by Crippen LogP contribution is 2.36. The summed E-state index contributed by atoms with van der Waals surface area (Å²) in [6.45, 7) is 2.06. The van der Waals surface area contributed by atoms with Gasteiger partial charge in [0.2, 0.25) is 11.8 Å². The second-order valence-corrected chi connectivity index (χ2v) is 7.64. The number of nitrogens with zero attached hydrogens (tertiary/aromatic N) is 2. The Morgan fingerprint density at radius 2 is 1.87 bits per heavy atom. The number of carbonyl (C=O) groups is 2. The summed E-state index contributed by atoms with van der Waals surface area (Å²) in [5, 5.41) is 8.52. The maximum atomic E-state index is 13.3. The van der Waals surface area contributed by atoms with Crippen LogP contribution in [0.25, 0.3) is 0 Å². The van der Waals surface area contributed by atoms with Gasteiger partial charge in [-0.1, -0.05) is 0 Å². The van der Waals surface area contributed by atoms with Crippen molar-refractivity contribution in [3.8, 4) is 0 Å². The van der Waals surface area contributed by atoms with E-state index in [-0.39, 0.29) is 36.0 Å². The van der Waals surface area contributed by atoms with E-state index in [0.717, 1.165) is 17.8 Å². The lowest BCUT2D eigenvalue weighted by molar-refractivity contribution is -0.122. The van der Waals surface area contributed by atoms with Crippen LogP contribution >= 0.6 is 0 Å². The number of halogens is 3. The molecule has 2 heterocycles. The van der Waals surface area contributed by atoms with Crippen molar-refractivity contribution in [2.45, 2.75) is 25.8 Å². The molecule has 0 bridgehead atoms. The molecule has 2 amide bonds. The van der Waals surface area contributed by atoms with Crippen molar-refractivity contribution in [3.05, 3.63) is 41.3 Å². The van der Waals surface area contributed by atoms with Crippen LogP contribution in [-0.4, -0.2) is 36.4 Å². The van der Waals surface area contributed by atoms with Gasteiger partial charge in [-0.25, -0.2) is 18.2 Å². The van der Waals surface area contributed by atoms with Gasteiger partial charge in [0, 0.05) is 42.9 Å². The number of anilines is 4. The van der Waals surface area contributed by atoms with Crippen molar-refractivity contribution in [2.24, 2.45) is 5.92 Å². The van der Waals surface area contributed by atoms with Crippen LogP contribution in [0.1, 0.15) is 18.5 Å². The molecule has 7 nitrogen and oxygen atoms in total. The molecule has 1 aromatic heterocycles. The quantitative estimate of drug-likeness (QED) is 0.664. The third kappa shape index (κ3) is 3.77. The van der Waals surface area contributed by atoms with E-state index < -0.39 is 17.5 Å². The third-order valence-corrected chi connectivity index (χ3v) is 5.35. The molecule has 0 atom stereocenters. The van der Waals surface area contributed by atoms with Crippen LogP contribution in [0.3, 0.4) is 0 Å². The summed E-state index contributed by atoms with van der Waals surface area (Å²) in [6.07, 6.45) is 1.03. The number of pyridine rings is 1. The van der Waals surface area contributed by atoms with Gasteiger partial charge < -0.3 is 20.9 Å². The average molecular weight is 419 g/mol. The first-order valence-electron chi connectivity index (χ1n) is 9.46. The zero-order chi connectivity index (χ0) is 21.6. The molecule has 0 unspecified atom stereocenters. The van der Waals surface area contributed by atoms with Crippen LogP contribution in [0.4, 0.5) is 36.1 Å². The van der Waals surface area contributed by atoms with Crippen LogP contribution < -0.4 is 20.9 Å². The molecule has 3 N–H and O–H groups in total. The number of carbonyl (C=O) groups excluding carboxylic acids is 2. The fraction of sp³-hybridized carbons (Fsp3) is 0.350. The molecule has 2 aliphatic rings. The zero-order valence-electron chi connectivity index (χ0n) is 16.4. The molecule has 10 heteroatoms. The molecule has 4 rings (SSSR count). The smallest absolute Gasteiger partial charge is 0.243 e. The number of hydrogen-bond acceptors (Lipinski definition) is 5. The van der Waals surface area contributed by atoms with Gasteiger partial charge in [-0.15, -0.1) is 0 Å². The number of hydrogen-bond donors (Lipinski definition) is 3. The first kappa shape index (κ1) is 20.0. The molecule has 0 saturated heterocycles. The van der Waals surface area contributed by atoms with Crippen LogP contribution in [0.2, 0.25) is 0 Å². The lowest BCUT2D eigenvalue weighted by Crippen LogP contribution is -2.42. The predicted molar refractivity (Wildman–Crippen MR) is 106 cm³/mol. The Labute approximate surface area is 170 Å². The molecule has 30 heavy (non-hydrogen) atoms. The average Bonchev–Trinajstić information content (AvgIpc) is 2.63. The van der Waals surface area contributed by atoms with Crippen molar-refractivity contribution >= 4 is 34.7 Å². The van der Waals surface area contributed by atoms with Crippen LogP contribution in [0.15, 0.2) is 18.2 Å². The van der Waals surface area contributed by atoms with Crippen LogP contribution in [-0.2, 0) is 9.59 Å². The first-order valence-corrected chi connectivity index (χ1v) is 9.46. The minimum Gasteiger partial charge on any atom is -0.367 e. The summed E-state index contributed by atoms with van der Waals surface area (Å²) in [5.74, 6) is -4.44. The van der Waals surface area contributed by atoms with Crippen molar-refractivity contribution < 1.29 is 22.8 Å². The summed E-state index contributed by atoms with van der Waals surface area (Å²) in [7, 11) is 1.83. The molecule has 158 valence electrons. The minimum absolute atomic E-state index is 0.0101. The lowest BCUT2D eigenvalue weighted by atomic mass is 9.79. The van der Waals surface area contributed by atoms with E-state index in [9.17, 15) is 22.8 Å². The maximum Gasteiger partial charge on any atom is 0.243 e. The van der Waals surface area contributed by atoms with Crippen molar-refractivity contribution in [3.63, 3.8) is 0 Å². The normalized spacial score (nSPS) is 20.2. The number of aryl methyl sites for hydroxylation is 1. The van der Waals surface area contributed by atoms with Crippen LogP contribution in [0, 0.1) is 30.3 Å². The van der Waals surface area contributed by atoms with E-state index in [4.69, 9.17) is 0 Å². The van der Waals surface area contributed by atoms with Gasteiger partial charge >= 0.3 is 0 Å². The molecular weight excluding hydrogens is 399 g/mol. The summed E-state index contributed by atoms with van der Waals surface area (Å²) in [4.78, 5) is 30.3. The van der Waals surface area contributed by atoms with Crippen molar-refractivity contribution in [1.29, 1.82) is 0 Å². The molecule has 1 fully saturated rings. The second-order valence-electron chi connectivity index (χ2n) is 7.64. The van der Waals surface area contributed by atoms with Crippen molar-refractivity contribution in [2.75, 3.05) is 34.4 Å². The molecule has 0 radical (unpaired) electrons. The Morgan fingerprint density at radius 1 is 1.20 bits per heavy atom. The fourth-order valence-corrected chi connectivity index (χ4v) is 3.70. The minimum atomic E-state index is -1.57. The fourth-order valence-electron chi connectivity index (χ4n) is 3.70. The standard InChI is InChI=1S/C20H20F3N5O2/c1-9-19-15(28(2)8-17(29)27-19)7-16(24-9)25-11-3-10(4-11)20(30)26-12-5-13(21)18(23)14(22)6-12/h5-7,10-11H,3-4,8H2,1-2H3,(H,24,25)(H,26,30)(H,27,29). The predicted octanol–water partition coefficient (Wildman–Crippen LogP) is 3.02. The summed E-state index contributed by atoms with van der Waals surface area (Å²) >= 11 is 0. The number of amides is 2. The van der Waals surface area contributed by atoms with E-state index >= 15 is 0 Å². The number of benzene rings is 1. The highest BCUT2D eigenvalue weighted by Gasteiger charge is 2.35. The van der Waals surface area contributed by atoms with Gasteiger partial charge in [-0.2, -0.15) is 0 Å². The number of rotatable bonds is 4. The Hall–Kier alpha value is -3.30. The molecule has 1 aromatic carbocycles. The highest BCUT2D eigenvalue weighted by atomic mass is 19.2. The van der Waals surface area contributed by atoms with Crippen LogP contribution in [0.5, 0.6) is 0 Å². The summed E-state index contributed by atoms with van der Waals surface area (Å²) in [6, 6.07) is 3.36. The number of nitrogens with one attached hydrogen (secondary N) is 3. The van der Waals surface area contributed by atoms with E-state index in [1.807, 2.05) is 18.0 Å². The SMILES string of the molecule is Cc1nc(NC2CC(C(=O)Nc3cc(F)c(F)c(F)c3)C2)cc2c1NC(=O)CN2C. The van der Waals surface area contributed by atoms with E-state index in [0.29, 0.717) is 30.0 Å². The lowest BCUT2D eigenvalue weighted by Gasteiger charge is -2.36. The number of fused-ring (bicyclic) bond motifs is 1.